The van der Waals surface area contributed by atoms with E-state index >= 15 is 0 Å². The van der Waals surface area contributed by atoms with Crippen LogP contribution in [-0.2, 0) is 4.74 Å². The maximum absolute atomic E-state index is 12.5. The fourth-order valence-electron chi connectivity index (χ4n) is 3.50. The topological polar surface area (TPSA) is 94.8 Å². The van der Waals surface area contributed by atoms with Crippen LogP contribution < -0.4 is 10.9 Å². The Morgan fingerprint density at radius 2 is 2.07 bits per heavy atom. The molecule has 0 amide bonds. The van der Waals surface area contributed by atoms with Crippen molar-refractivity contribution in [3.05, 3.63) is 65.1 Å². The van der Waals surface area contributed by atoms with Crippen LogP contribution in [0.5, 0.6) is 0 Å². The average molecular weight is 376 g/mol. The zero-order valence-electron chi connectivity index (χ0n) is 15.2. The molecule has 142 valence electrons. The molecule has 1 aliphatic carbocycles. The number of pyridine rings is 1. The minimum atomic E-state index is -0.219. The largest absolute Gasteiger partial charge is 0.377 e. The molecule has 2 unspecified atom stereocenters. The molecule has 1 saturated heterocycles. The molecule has 4 heterocycles. The summed E-state index contributed by atoms with van der Waals surface area (Å²) in [6.07, 6.45) is 7.41. The Kier molecular flexibility index (Phi) is 4.32. The van der Waals surface area contributed by atoms with Gasteiger partial charge in [0.05, 0.1) is 24.9 Å². The van der Waals surface area contributed by atoms with Crippen molar-refractivity contribution in [2.24, 2.45) is 0 Å². The molecule has 3 aromatic heterocycles. The van der Waals surface area contributed by atoms with E-state index < -0.39 is 0 Å². The van der Waals surface area contributed by atoms with Crippen molar-refractivity contribution < 1.29 is 4.74 Å². The summed E-state index contributed by atoms with van der Waals surface area (Å²) in [7, 11) is 0. The molecule has 0 radical (unpaired) electrons. The molecule has 0 spiro atoms. The number of nitrogens with zero attached hydrogens (tertiary/aromatic N) is 5. The van der Waals surface area contributed by atoms with Gasteiger partial charge in [-0.15, -0.1) is 0 Å². The van der Waals surface area contributed by atoms with Crippen LogP contribution in [0.25, 0.3) is 11.3 Å². The van der Waals surface area contributed by atoms with Gasteiger partial charge in [0.2, 0.25) is 0 Å². The molecule has 8 heteroatoms. The fourth-order valence-corrected chi connectivity index (χ4v) is 3.50. The molecule has 2 fully saturated rings. The van der Waals surface area contributed by atoms with E-state index in [4.69, 9.17) is 4.74 Å². The van der Waals surface area contributed by atoms with Crippen LogP contribution in [0, 0.1) is 0 Å². The van der Waals surface area contributed by atoms with Crippen LogP contribution in [0.1, 0.15) is 30.5 Å². The van der Waals surface area contributed by atoms with Gasteiger partial charge in [0.25, 0.3) is 5.56 Å². The highest BCUT2D eigenvalue weighted by Crippen LogP contribution is 2.39. The van der Waals surface area contributed by atoms with E-state index in [2.05, 4.69) is 25.4 Å². The number of aromatic nitrogens is 5. The first-order valence-electron chi connectivity index (χ1n) is 9.44. The first-order chi connectivity index (χ1) is 13.8. The highest BCUT2D eigenvalue weighted by Gasteiger charge is 2.32. The van der Waals surface area contributed by atoms with Crippen molar-refractivity contribution in [3.63, 3.8) is 0 Å². The summed E-state index contributed by atoms with van der Waals surface area (Å²) in [4.78, 5) is 25.3. The van der Waals surface area contributed by atoms with Gasteiger partial charge in [0.1, 0.15) is 18.2 Å². The predicted octanol–water partition coefficient (Wildman–Crippen LogP) is 2.02. The summed E-state index contributed by atoms with van der Waals surface area (Å²) in [6, 6.07) is 8.71. The van der Waals surface area contributed by atoms with E-state index in [0.717, 1.165) is 17.1 Å². The Hall–Kier alpha value is -3.13. The van der Waals surface area contributed by atoms with E-state index in [1.54, 1.807) is 30.9 Å². The molecule has 1 N–H and O–H groups in total. The van der Waals surface area contributed by atoms with Gasteiger partial charge in [0, 0.05) is 41.7 Å². The summed E-state index contributed by atoms with van der Waals surface area (Å²) in [5, 5.41) is 7.99. The molecular formula is C20H20N6O2. The van der Waals surface area contributed by atoms with Crippen LogP contribution in [0.4, 0.5) is 5.82 Å². The Morgan fingerprint density at radius 3 is 2.89 bits per heavy atom. The quantitative estimate of drug-likeness (QED) is 0.728. The van der Waals surface area contributed by atoms with Crippen LogP contribution >= 0.6 is 0 Å². The molecule has 3 aromatic rings. The normalized spacial score (nSPS) is 21.6. The van der Waals surface area contributed by atoms with Gasteiger partial charge in [-0.2, -0.15) is 5.10 Å². The van der Waals surface area contributed by atoms with Gasteiger partial charge in [-0.05, 0) is 31.0 Å². The van der Waals surface area contributed by atoms with Gasteiger partial charge in [-0.1, -0.05) is 0 Å². The molecule has 2 atom stereocenters. The average Bonchev–Trinajstić information content (AvgIpc) is 3.49. The Morgan fingerprint density at radius 1 is 1.14 bits per heavy atom. The third-order valence-electron chi connectivity index (χ3n) is 5.16. The number of hydrogen-bond acceptors (Lipinski definition) is 7. The Labute approximate surface area is 161 Å². The van der Waals surface area contributed by atoms with Gasteiger partial charge in [-0.25, -0.2) is 14.6 Å². The van der Waals surface area contributed by atoms with Crippen LogP contribution in [0.2, 0.25) is 0 Å². The predicted molar refractivity (Wildman–Crippen MR) is 103 cm³/mol. The highest BCUT2D eigenvalue weighted by molar-refractivity contribution is 5.56. The number of rotatable bonds is 5. The van der Waals surface area contributed by atoms with E-state index in [9.17, 15) is 4.79 Å². The summed E-state index contributed by atoms with van der Waals surface area (Å²) in [5.41, 5.74) is 2.49. The maximum atomic E-state index is 12.5. The lowest BCUT2D eigenvalue weighted by molar-refractivity contribution is 0.183. The standard InChI is InChI=1S/C20H20N6O2/c27-20-6-5-15(14-2-1-7-21-9-14)25-26(20)18-11-28-10-17(18)24-19-8-16(13-3-4-13)22-12-23-19/h1-2,5-9,12-13,17-18H,3-4,10-11H2,(H,22,23,24). The lowest BCUT2D eigenvalue weighted by Crippen LogP contribution is -2.37. The van der Waals surface area contributed by atoms with Crippen molar-refractivity contribution >= 4 is 5.82 Å². The molecule has 1 saturated carbocycles. The molecule has 2 aliphatic rings. The number of anilines is 1. The number of nitrogens with one attached hydrogen (secondary N) is 1. The first kappa shape index (κ1) is 17.0. The summed E-state index contributed by atoms with van der Waals surface area (Å²) in [5.74, 6) is 1.31. The molecule has 8 nitrogen and oxygen atoms in total. The second kappa shape index (κ2) is 7.12. The maximum Gasteiger partial charge on any atom is 0.267 e. The summed E-state index contributed by atoms with van der Waals surface area (Å²) >= 11 is 0. The second-order valence-electron chi connectivity index (χ2n) is 7.20. The lowest BCUT2D eigenvalue weighted by Gasteiger charge is -2.21. The van der Waals surface area contributed by atoms with E-state index in [1.165, 1.54) is 17.5 Å². The second-order valence-corrected chi connectivity index (χ2v) is 7.20. The van der Waals surface area contributed by atoms with Crippen LogP contribution in [-0.4, -0.2) is 44.0 Å². The number of ether oxygens (including phenoxy) is 1. The SMILES string of the molecule is O=c1ccc(-c2cccnc2)nn1C1COCC1Nc1cc(C2CC2)ncn1. The van der Waals surface area contributed by atoms with Crippen molar-refractivity contribution in [3.8, 4) is 11.3 Å². The Bertz CT molecular complexity index is 1030. The molecule has 0 bridgehead atoms. The van der Waals surface area contributed by atoms with Crippen molar-refractivity contribution in [1.82, 2.24) is 24.7 Å². The van der Waals surface area contributed by atoms with Gasteiger partial charge in [0.15, 0.2) is 0 Å². The van der Waals surface area contributed by atoms with Crippen molar-refractivity contribution in [1.29, 1.82) is 0 Å². The van der Waals surface area contributed by atoms with Crippen molar-refractivity contribution in [2.45, 2.75) is 30.8 Å². The zero-order chi connectivity index (χ0) is 18.9. The smallest absolute Gasteiger partial charge is 0.267 e. The number of hydrogen-bond donors (Lipinski definition) is 1. The fraction of sp³-hybridized carbons (Fsp3) is 0.350. The monoisotopic (exact) mass is 376 g/mol. The minimum absolute atomic E-state index is 0.101. The molecule has 5 rings (SSSR count). The van der Waals surface area contributed by atoms with Crippen molar-refractivity contribution in [2.75, 3.05) is 18.5 Å². The van der Waals surface area contributed by atoms with Gasteiger partial charge >= 0.3 is 0 Å². The van der Waals surface area contributed by atoms with E-state index in [1.807, 2.05) is 18.2 Å². The van der Waals surface area contributed by atoms with Gasteiger partial charge < -0.3 is 10.1 Å². The summed E-state index contributed by atoms with van der Waals surface area (Å²) in [6.45, 7) is 0.903. The Balaban J connectivity index is 1.42. The molecule has 0 aromatic carbocycles. The minimum Gasteiger partial charge on any atom is -0.377 e. The molecule has 1 aliphatic heterocycles. The molecular weight excluding hydrogens is 356 g/mol. The highest BCUT2D eigenvalue weighted by atomic mass is 16.5. The lowest BCUT2D eigenvalue weighted by atomic mass is 10.1. The summed E-state index contributed by atoms with van der Waals surface area (Å²) < 4.78 is 7.18. The molecule has 28 heavy (non-hydrogen) atoms. The zero-order valence-corrected chi connectivity index (χ0v) is 15.2. The van der Waals surface area contributed by atoms with E-state index in [0.29, 0.717) is 24.8 Å². The van der Waals surface area contributed by atoms with E-state index in [-0.39, 0.29) is 17.6 Å². The first-order valence-corrected chi connectivity index (χ1v) is 9.44. The van der Waals surface area contributed by atoms with Crippen LogP contribution in [0.3, 0.4) is 0 Å². The van der Waals surface area contributed by atoms with Gasteiger partial charge in [-0.3, -0.25) is 9.78 Å². The van der Waals surface area contributed by atoms with Crippen LogP contribution in [0.15, 0.2) is 53.8 Å². The third kappa shape index (κ3) is 3.38. The third-order valence-corrected chi connectivity index (χ3v) is 5.16.